The summed E-state index contributed by atoms with van der Waals surface area (Å²) in [5, 5.41) is 6.06. The third kappa shape index (κ3) is 6.96. The highest BCUT2D eigenvalue weighted by Gasteiger charge is 2.15. The van der Waals surface area contributed by atoms with E-state index in [1.54, 1.807) is 0 Å². The van der Waals surface area contributed by atoms with Crippen LogP contribution in [-0.2, 0) is 25.9 Å². The van der Waals surface area contributed by atoms with Gasteiger partial charge in [0.1, 0.15) is 11.3 Å². The van der Waals surface area contributed by atoms with Crippen molar-refractivity contribution in [2.75, 3.05) is 6.54 Å². The van der Waals surface area contributed by atoms with E-state index >= 15 is 0 Å². The average Bonchev–Trinajstić information content (AvgIpc) is 3.42. The van der Waals surface area contributed by atoms with Crippen LogP contribution < -0.4 is 10.6 Å². The van der Waals surface area contributed by atoms with E-state index in [-0.39, 0.29) is 6.03 Å². The van der Waals surface area contributed by atoms with Crippen molar-refractivity contribution in [1.82, 2.24) is 25.2 Å². The van der Waals surface area contributed by atoms with Crippen molar-refractivity contribution in [3.8, 4) is 22.3 Å². The average molecular weight is 594 g/mol. The third-order valence-corrected chi connectivity index (χ3v) is 8.22. The molecule has 0 bridgehead atoms. The summed E-state index contributed by atoms with van der Waals surface area (Å²) >= 11 is 0. The summed E-state index contributed by atoms with van der Waals surface area (Å²) in [7, 11) is 0. The Hall–Kier alpha value is -5.23. The molecule has 0 aliphatic carbocycles. The highest BCUT2D eigenvalue weighted by atomic mass is 16.2. The van der Waals surface area contributed by atoms with E-state index in [1.165, 1.54) is 11.1 Å². The molecule has 6 heteroatoms. The van der Waals surface area contributed by atoms with Gasteiger partial charge in [0, 0.05) is 25.2 Å². The van der Waals surface area contributed by atoms with Crippen molar-refractivity contribution in [2.45, 2.75) is 46.7 Å². The second-order valence-corrected chi connectivity index (χ2v) is 11.5. The minimum atomic E-state index is -0.169. The highest BCUT2D eigenvalue weighted by molar-refractivity contribution is 5.78. The molecule has 0 saturated heterocycles. The Morgan fingerprint density at radius 1 is 0.733 bits per heavy atom. The summed E-state index contributed by atoms with van der Waals surface area (Å²) in [5.74, 6) is 1.04. The van der Waals surface area contributed by atoms with Gasteiger partial charge in [-0.05, 0) is 76.9 Å². The summed E-state index contributed by atoms with van der Waals surface area (Å²) in [6.07, 6.45) is 1.64. The maximum Gasteiger partial charge on any atom is 0.315 e. The number of benzene rings is 4. The lowest BCUT2D eigenvalue weighted by Gasteiger charge is -2.15. The lowest BCUT2D eigenvalue weighted by atomic mass is 9.94. The minimum Gasteiger partial charge on any atom is -0.338 e. The number of rotatable bonds is 10. The smallest absolute Gasteiger partial charge is 0.315 e. The number of nitrogens with zero attached hydrogens (tertiary/aromatic N) is 3. The van der Waals surface area contributed by atoms with Crippen molar-refractivity contribution in [1.29, 1.82) is 0 Å². The van der Waals surface area contributed by atoms with Gasteiger partial charge in [-0.25, -0.2) is 14.8 Å². The zero-order valence-corrected chi connectivity index (χ0v) is 26.2. The second-order valence-electron chi connectivity index (χ2n) is 11.5. The molecule has 6 aromatic rings. The Morgan fingerprint density at radius 2 is 1.44 bits per heavy atom. The van der Waals surface area contributed by atoms with Crippen LogP contribution in [0.15, 0.2) is 109 Å². The number of hydrogen-bond donors (Lipinski definition) is 2. The quantitative estimate of drug-likeness (QED) is 0.169. The molecule has 0 fully saturated rings. The lowest BCUT2D eigenvalue weighted by molar-refractivity contribution is 0.240. The first-order valence-electron chi connectivity index (χ1n) is 15.6. The van der Waals surface area contributed by atoms with E-state index in [0.29, 0.717) is 19.6 Å². The van der Waals surface area contributed by atoms with Crippen LogP contribution in [-0.4, -0.2) is 27.1 Å². The molecular weight excluding hydrogens is 554 g/mol. The summed E-state index contributed by atoms with van der Waals surface area (Å²) in [4.78, 5) is 22.5. The van der Waals surface area contributed by atoms with Crippen LogP contribution >= 0.6 is 0 Å². The molecular formula is C39H39N5O. The Bertz CT molecular complexity index is 1910. The van der Waals surface area contributed by atoms with Crippen molar-refractivity contribution in [3.05, 3.63) is 143 Å². The number of aryl methyl sites for hydroxylation is 3. The number of amides is 2. The fourth-order valence-corrected chi connectivity index (χ4v) is 5.87. The van der Waals surface area contributed by atoms with E-state index in [2.05, 4.69) is 114 Å². The van der Waals surface area contributed by atoms with Crippen molar-refractivity contribution < 1.29 is 4.79 Å². The number of carbonyl (C=O) groups is 1. The predicted octanol–water partition coefficient (Wildman–Crippen LogP) is 8.03. The van der Waals surface area contributed by atoms with Crippen LogP contribution in [0.3, 0.4) is 0 Å². The van der Waals surface area contributed by atoms with Crippen LogP contribution in [0.4, 0.5) is 4.79 Å². The molecule has 0 radical (unpaired) electrons. The number of hydrogen-bond acceptors (Lipinski definition) is 3. The molecule has 0 spiro atoms. The molecule has 226 valence electrons. The number of fused-ring (bicyclic) bond motifs is 1. The number of nitrogens with one attached hydrogen (secondary N) is 2. The number of pyridine rings is 1. The molecule has 0 unspecified atom stereocenters. The molecule has 0 aliphatic heterocycles. The van der Waals surface area contributed by atoms with Crippen molar-refractivity contribution in [3.63, 3.8) is 0 Å². The van der Waals surface area contributed by atoms with Crippen LogP contribution in [0.1, 0.15) is 40.7 Å². The van der Waals surface area contributed by atoms with E-state index in [4.69, 9.17) is 9.97 Å². The van der Waals surface area contributed by atoms with E-state index in [9.17, 15) is 4.79 Å². The van der Waals surface area contributed by atoms with Gasteiger partial charge in [0.2, 0.25) is 0 Å². The SMILES string of the molecule is CCc1nc2c(C)cc(C)nc2n1Cc1ccc(-c2cc(-c3ccccc3)ccc2CNC(=O)NCCc2ccccc2)cc1. The Balaban J connectivity index is 1.23. The molecule has 2 N–H and O–H groups in total. The normalized spacial score (nSPS) is 11.1. The van der Waals surface area contributed by atoms with Gasteiger partial charge in [-0.1, -0.05) is 104 Å². The van der Waals surface area contributed by atoms with Gasteiger partial charge >= 0.3 is 6.03 Å². The molecule has 4 aromatic carbocycles. The van der Waals surface area contributed by atoms with Crippen LogP contribution in [0.2, 0.25) is 0 Å². The number of urea groups is 1. The first kappa shape index (κ1) is 29.8. The molecule has 6 rings (SSSR count). The molecule has 0 atom stereocenters. The van der Waals surface area contributed by atoms with Gasteiger partial charge in [0.05, 0.1) is 6.54 Å². The number of imidazole rings is 1. The Morgan fingerprint density at radius 3 is 2.18 bits per heavy atom. The number of aromatic nitrogens is 3. The summed E-state index contributed by atoms with van der Waals surface area (Å²) < 4.78 is 2.24. The molecule has 0 aliphatic rings. The fraction of sp³-hybridized carbons (Fsp3) is 0.205. The zero-order valence-electron chi connectivity index (χ0n) is 26.2. The molecule has 2 aromatic heterocycles. The van der Waals surface area contributed by atoms with Crippen LogP contribution in [0.5, 0.6) is 0 Å². The van der Waals surface area contributed by atoms with Gasteiger partial charge in [-0.3, -0.25) is 0 Å². The second kappa shape index (κ2) is 13.6. The predicted molar refractivity (Wildman–Crippen MR) is 183 cm³/mol. The van der Waals surface area contributed by atoms with Gasteiger partial charge < -0.3 is 15.2 Å². The Kier molecular flexibility index (Phi) is 9.01. The van der Waals surface area contributed by atoms with Gasteiger partial charge in [0.25, 0.3) is 0 Å². The third-order valence-electron chi connectivity index (χ3n) is 8.22. The minimum absolute atomic E-state index is 0.169. The summed E-state index contributed by atoms with van der Waals surface area (Å²) in [6.45, 7) is 7.99. The van der Waals surface area contributed by atoms with Crippen molar-refractivity contribution >= 4 is 17.2 Å². The van der Waals surface area contributed by atoms with Crippen LogP contribution in [0.25, 0.3) is 33.4 Å². The zero-order chi connectivity index (χ0) is 31.2. The molecule has 2 amide bonds. The van der Waals surface area contributed by atoms with Gasteiger partial charge in [0.15, 0.2) is 5.65 Å². The van der Waals surface area contributed by atoms with E-state index < -0.39 is 0 Å². The maximum absolute atomic E-state index is 12.7. The lowest BCUT2D eigenvalue weighted by Crippen LogP contribution is -2.36. The molecule has 0 saturated carbocycles. The van der Waals surface area contributed by atoms with E-state index in [1.807, 2.05) is 31.2 Å². The standard InChI is InChI=1S/C39H39N5O/c1-4-36-43-37-27(2)23-28(3)42-38(37)44(36)26-30-15-17-32(18-16-30)35-24-33(31-13-9-6-10-14-31)19-20-34(35)25-41-39(45)40-22-21-29-11-7-5-8-12-29/h5-20,23-24H,4,21-22,25-26H2,1-3H3,(H2,40,41,45). The topological polar surface area (TPSA) is 71.8 Å². The molecule has 6 nitrogen and oxygen atoms in total. The molecule has 45 heavy (non-hydrogen) atoms. The van der Waals surface area contributed by atoms with Crippen molar-refractivity contribution in [2.24, 2.45) is 0 Å². The fourth-order valence-electron chi connectivity index (χ4n) is 5.87. The molecule has 2 heterocycles. The first-order chi connectivity index (χ1) is 22.0. The van der Waals surface area contributed by atoms with Gasteiger partial charge in [-0.2, -0.15) is 0 Å². The largest absolute Gasteiger partial charge is 0.338 e. The highest BCUT2D eigenvalue weighted by Crippen LogP contribution is 2.31. The summed E-state index contributed by atoms with van der Waals surface area (Å²) in [6, 6.07) is 37.7. The maximum atomic E-state index is 12.7. The van der Waals surface area contributed by atoms with Crippen LogP contribution in [0, 0.1) is 13.8 Å². The number of carbonyl (C=O) groups excluding carboxylic acids is 1. The van der Waals surface area contributed by atoms with Gasteiger partial charge in [-0.15, -0.1) is 0 Å². The monoisotopic (exact) mass is 593 g/mol. The summed E-state index contributed by atoms with van der Waals surface area (Å²) in [5.41, 5.74) is 12.0. The Labute approximate surface area is 265 Å². The first-order valence-corrected chi connectivity index (χ1v) is 15.6. The van der Waals surface area contributed by atoms with E-state index in [0.717, 1.165) is 68.9 Å².